The van der Waals surface area contributed by atoms with Gasteiger partial charge in [-0.05, 0) is 37.1 Å². The van der Waals surface area contributed by atoms with E-state index in [9.17, 15) is 4.79 Å². The minimum absolute atomic E-state index is 0. The van der Waals surface area contributed by atoms with E-state index in [0.29, 0.717) is 11.6 Å². The molecule has 3 nitrogen and oxygen atoms in total. The fourth-order valence-electron chi connectivity index (χ4n) is 1.83. The van der Waals surface area contributed by atoms with Gasteiger partial charge in [-0.25, -0.2) is 4.79 Å². The van der Waals surface area contributed by atoms with Gasteiger partial charge in [0.1, 0.15) is 0 Å². The quantitative estimate of drug-likeness (QED) is 0.815. The Bertz CT molecular complexity index is 331. The highest BCUT2D eigenvalue weighted by Crippen LogP contribution is 2.22. The van der Waals surface area contributed by atoms with E-state index in [1.54, 1.807) is 12.1 Å². The summed E-state index contributed by atoms with van der Waals surface area (Å²) in [5.41, 5.74) is 1.54. The highest BCUT2D eigenvalue weighted by molar-refractivity contribution is 5.87. The summed E-state index contributed by atoms with van der Waals surface area (Å²) in [5, 5.41) is 12.1. The summed E-state index contributed by atoms with van der Waals surface area (Å²) in [5.74, 6) is -0.865. The van der Waals surface area contributed by atoms with E-state index in [-0.39, 0.29) is 12.4 Å². The largest absolute Gasteiger partial charge is 0.478 e. The molecular weight excluding hydrogens is 214 g/mol. The Hall–Kier alpha value is -1.06. The number of benzene rings is 1. The number of carboxylic acids is 1. The van der Waals surface area contributed by atoms with E-state index >= 15 is 0 Å². The van der Waals surface area contributed by atoms with Crippen molar-refractivity contribution >= 4 is 18.4 Å². The van der Waals surface area contributed by atoms with E-state index in [1.807, 2.05) is 12.1 Å². The molecule has 2 N–H and O–H groups in total. The van der Waals surface area contributed by atoms with E-state index in [2.05, 4.69) is 5.32 Å². The summed E-state index contributed by atoms with van der Waals surface area (Å²) in [4.78, 5) is 10.6. The van der Waals surface area contributed by atoms with Crippen LogP contribution in [0.1, 0.15) is 34.8 Å². The minimum Gasteiger partial charge on any atom is -0.478 e. The van der Waals surface area contributed by atoms with Crippen molar-refractivity contribution in [3.8, 4) is 0 Å². The number of carbonyl (C=O) groups is 1. The van der Waals surface area contributed by atoms with Gasteiger partial charge in [0, 0.05) is 6.04 Å². The van der Waals surface area contributed by atoms with Crippen LogP contribution in [0.4, 0.5) is 0 Å². The molecule has 1 atom stereocenters. The zero-order valence-electron chi connectivity index (χ0n) is 8.27. The monoisotopic (exact) mass is 227 g/mol. The van der Waals surface area contributed by atoms with Crippen LogP contribution in [0.5, 0.6) is 0 Å². The van der Waals surface area contributed by atoms with E-state index < -0.39 is 5.97 Å². The number of aromatic carboxylic acids is 1. The number of hydrogen-bond acceptors (Lipinski definition) is 2. The molecule has 0 spiro atoms. The molecule has 1 aliphatic heterocycles. The van der Waals surface area contributed by atoms with Crippen LogP contribution in [0.15, 0.2) is 24.3 Å². The zero-order chi connectivity index (χ0) is 9.97. The molecule has 1 aliphatic rings. The predicted molar refractivity (Wildman–Crippen MR) is 60.6 cm³/mol. The number of carboxylic acid groups (broad SMARTS) is 1. The molecule has 0 amide bonds. The van der Waals surface area contributed by atoms with Gasteiger partial charge in [-0.3, -0.25) is 0 Å². The van der Waals surface area contributed by atoms with Crippen molar-refractivity contribution < 1.29 is 9.90 Å². The molecule has 0 unspecified atom stereocenters. The molecule has 0 radical (unpaired) electrons. The molecule has 1 aromatic carbocycles. The van der Waals surface area contributed by atoms with Crippen molar-refractivity contribution in [1.82, 2.24) is 5.32 Å². The summed E-state index contributed by atoms with van der Waals surface area (Å²) < 4.78 is 0. The van der Waals surface area contributed by atoms with Crippen molar-refractivity contribution in [3.05, 3.63) is 35.4 Å². The molecule has 1 aromatic rings. The van der Waals surface area contributed by atoms with Gasteiger partial charge >= 0.3 is 5.97 Å². The molecule has 1 saturated heterocycles. The normalized spacial score (nSPS) is 19.6. The lowest BCUT2D eigenvalue weighted by atomic mass is 10.0. The van der Waals surface area contributed by atoms with Gasteiger partial charge in [-0.2, -0.15) is 0 Å². The lowest BCUT2D eigenvalue weighted by Gasteiger charge is -2.10. The Labute approximate surface area is 94.9 Å². The molecule has 2 rings (SSSR count). The molecule has 15 heavy (non-hydrogen) atoms. The van der Waals surface area contributed by atoms with Crippen LogP contribution in [0.2, 0.25) is 0 Å². The molecule has 0 bridgehead atoms. The van der Waals surface area contributed by atoms with Gasteiger partial charge in [-0.1, -0.05) is 12.1 Å². The third-order valence-electron chi connectivity index (χ3n) is 2.62. The molecule has 4 heteroatoms. The second kappa shape index (κ2) is 5.14. The lowest BCUT2D eigenvalue weighted by molar-refractivity contribution is 0.0697. The first kappa shape index (κ1) is 12.0. The van der Waals surface area contributed by atoms with Gasteiger partial charge in [0.25, 0.3) is 0 Å². The van der Waals surface area contributed by atoms with Gasteiger partial charge in [-0.15, -0.1) is 12.4 Å². The summed E-state index contributed by atoms with van der Waals surface area (Å²) in [6.07, 6.45) is 2.35. The SMILES string of the molecule is Cl.O=C(O)c1ccc([C@H]2CCCN2)cc1. The Balaban J connectivity index is 0.00000112. The van der Waals surface area contributed by atoms with Gasteiger partial charge in [0.15, 0.2) is 0 Å². The van der Waals surface area contributed by atoms with Gasteiger partial charge in [0.05, 0.1) is 5.56 Å². The fourth-order valence-corrected chi connectivity index (χ4v) is 1.83. The maximum absolute atomic E-state index is 10.6. The number of nitrogens with one attached hydrogen (secondary N) is 1. The second-order valence-electron chi connectivity index (χ2n) is 3.58. The molecule has 82 valence electrons. The molecule has 1 heterocycles. The Morgan fingerprint density at radius 3 is 2.47 bits per heavy atom. The van der Waals surface area contributed by atoms with Crippen LogP contribution >= 0.6 is 12.4 Å². The summed E-state index contributed by atoms with van der Waals surface area (Å²) in [6.45, 7) is 1.06. The maximum atomic E-state index is 10.6. The van der Waals surface area contributed by atoms with Crippen molar-refractivity contribution in [2.24, 2.45) is 0 Å². The highest BCUT2D eigenvalue weighted by atomic mass is 35.5. The van der Waals surface area contributed by atoms with Crippen LogP contribution in [0.25, 0.3) is 0 Å². The predicted octanol–water partition coefficient (Wildman–Crippen LogP) is 2.23. The smallest absolute Gasteiger partial charge is 0.335 e. The number of halogens is 1. The topological polar surface area (TPSA) is 49.3 Å². The lowest BCUT2D eigenvalue weighted by Crippen LogP contribution is -2.12. The average molecular weight is 228 g/mol. The first-order valence-electron chi connectivity index (χ1n) is 4.84. The third kappa shape index (κ3) is 2.70. The molecule has 0 aromatic heterocycles. The standard InChI is InChI=1S/C11H13NO2.ClH/c13-11(14)9-5-3-8(4-6-9)10-2-1-7-12-10;/h3-6,10,12H,1-2,7H2,(H,13,14);1H/t10-;/m1./s1. The molecule has 0 aliphatic carbocycles. The van der Waals surface area contributed by atoms with E-state index in [0.717, 1.165) is 13.0 Å². The molecular formula is C11H14ClNO2. The van der Waals surface area contributed by atoms with Crippen LogP contribution in [-0.2, 0) is 0 Å². The van der Waals surface area contributed by atoms with Crippen LogP contribution in [0.3, 0.4) is 0 Å². The summed E-state index contributed by atoms with van der Waals surface area (Å²) >= 11 is 0. The highest BCUT2D eigenvalue weighted by Gasteiger charge is 2.15. The fraction of sp³-hybridized carbons (Fsp3) is 0.364. The van der Waals surface area contributed by atoms with Crippen molar-refractivity contribution in [2.75, 3.05) is 6.54 Å². The van der Waals surface area contributed by atoms with Crippen LogP contribution in [0, 0.1) is 0 Å². The summed E-state index contributed by atoms with van der Waals surface area (Å²) in [6, 6.07) is 7.53. The number of hydrogen-bond donors (Lipinski definition) is 2. The Kier molecular flexibility index (Phi) is 4.12. The van der Waals surface area contributed by atoms with Crippen molar-refractivity contribution in [2.45, 2.75) is 18.9 Å². The third-order valence-corrected chi connectivity index (χ3v) is 2.62. The molecule has 1 fully saturated rings. The van der Waals surface area contributed by atoms with Crippen LogP contribution in [-0.4, -0.2) is 17.6 Å². The van der Waals surface area contributed by atoms with Gasteiger partial charge < -0.3 is 10.4 Å². The first-order valence-corrected chi connectivity index (χ1v) is 4.84. The average Bonchev–Trinajstić information content (AvgIpc) is 2.71. The summed E-state index contributed by atoms with van der Waals surface area (Å²) in [7, 11) is 0. The van der Waals surface area contributed by atoms with E-state index in [1.165, 1.54) is 12.0 Å². The number of rotatable bonds is 2. The van der Waals surface area contributed by atoms with Crippen molar-refractivity contribution in [1.29, 1.82) is 0 Å². The Morgan fingerprint density at radius 2 is 2.00 bits per heavy atom. The second-order valence-corrected chi connectivity index (χ2v) is 3.58. The van der Waals surface area contributed by atoms with Crippen molar-refractivity contribution in [3.63, 3.8) is 0 Å². The zero-order valence-corrected chi connectivity index (χ0v) is 9.09. The van der Waals surface area contributed by atoms with E-state index in [4.69, 9.17) is 5.11 Å². The van der Waals surface area contributed by atoms with Gasteiger partial charge in [0.2, 0.25) is 0 Å². The van der Waals surface area contributed by atoms with Crippen LogP contribution < -0.4 is 5.32 Å². The minimum atomic E-state index is -0.865. The molecule has 0 saturated carbocycles. The first-order chi connectivity index (χ1) is 6.77. The maximum Gasteiger partial charge on any atom is 0.335 e. The Morgan fingerprint density at radius 1 is 1.33 bits per heavy atom.